The highest BCUT2D eigenvalue weighted by atomic mass is 79.9. The van der Waals surface area contributed by atoms with Gasteiger partial charge in [0, 0.05) is 22.2 Å². The molecule has 2 aromatic rings. The summed E-state index contributed by atoms with van der Waals surface area (Å²) in [6, 6.07) is 10.5. The second-order valence-corrected chi connectivity index (χ2v) is 7.94. The van der Waals surface area contributed by atoms with E-state index in [0.717, 1.165) is 15.7 Å². The third-order valence-electron chi connectivity index (χ3n) is 3.56. The minimum Gasteiger partial charge on any atom is -0.508 e. The van der Waals surface area contributed by atoms with E-state index in [1.165, 1.54) is 0 Å². The highest BCUT2D eigenvalue weighted by molar-refractivity contribution is 9.10. The molecule has 0 heterocycles. The molecule has 0 unspecified atom stereocenters. The molecule has 0 saturated heterocycles. The molecule has 0 atom stereocenters. The zero-order chi connectivity index (χ0) is 20.0. The van der Waals surface area contributed by atoms with E-state index >= 15 is 0 Å². The quantitative estimate of drug-likeness (QED) is 0.570. The van der Waals surface area contributed by atoms with Crippen LogP contribution in [0.1, 0.15) is 26.3 Å². The summed E-state index contributed by atoms with van der Waals surface area (Å²) in [5.74, 6) is 1.06. The summed E-state index contributed by atoms with van der Waals surface area (Å²) in [6.45, 7) is 6.20. The topological polar surface area (TPSA) is 79.8 Å². The first-order valence-electron chi connectivity index (χ1n) is 8.51. The summed E-state index contributed by atoms with van der Waals surface area (Å²) in [6.07, 6.45) is 0. The monoisotopic (exact) mass is 436 g/mol. The fraction of sp³-hybridized carbons (Fsp3) is 0.350. The van der Waals surface area contributed by atoms with Gasteiger partial charge in [-0.3, -0.25) is 4.79 Å². The van der Waals surface area contributed by atoms with E-state index in [1.807, 2.05) is 26.8 Å². The summed E-state index contributed by atoms with van der Waals surface area (Å²) < 4.78 is 11.9. The number of nitrogens with one attached hydrogen (secondary N) is 2. The van der Waals surface area contributed by atoms with Gasteiger partial charge in [0.2, 0.25) is 0 Å². The second-order valence-electron chi connectivity index (χ2n) is 7.08. The molecule has 2 rings (SSSR count). The Hall–Kier alpha value is -2.41. The summed E-state index contributed by atoms with van der Waals surface area (Å²) in [7, 11) is 1.56. The number of phenols is 1. The minimum atomic E-state index is -0.311. The molecule has 7 heteroatoms. The van der Waals surface area contributed by atoms with E-state index in [9.17, 15) is 9.90 Å². The number of ether oxygens (including phenoxy) is 2. The molecular formula is C20H25BrN2O4. The van der Waals surface area contributed by atoms with E-state index in [2.05, 4.69) is 26.6 Å². The molecule has 0 aliphatic carbocycles. The van der Waals surface area contributed by atoms with Crippen LogP contribution in [0, 0.1) is 0 Å². The average Bonchev–Trinajstić information content (AvgIpc) is 2.59. The Morgan fingerprint density at radius 1 is 1.15 bits per heavy atom. The van der Waals surface area contributed by atoms with Crippen LogP contribution in [-0.4, -0.2) is 30.3 Å². The lowest BCUT2D eigenvalue weighted by Crippen LogP contribution is -2.43. The van der Waals surface area contributed by atoms with Crippen LogP contribution in [-0.2, 0) is 11.3 Å². The minimum absolute atomic E-state index is 0.0921. The van der Waals surface area contributed by atoms with Crippen LogP contribution >= 0.6 is 15.9 Å². The molecule has 0 saturated carbocycles. The third kappa shape index (κ3) is 6.67. The van der Waals surface area contributed by atoms with E-state index in [-0.39, 0.29) is 23.8 Å². The third-order valence-corrected chi connectivity index (χ3v) is 4.29. The van der Waals surface area contributed by atoms with E-state index in [0.29, 0.717) is 18.0 Å². The van der Waals surface area contributed by atoms with Gasteiger partial charge < -0.3 is 25.2 Å². The molecule has 0 spiro atoms. The molecule has 0 bridgehead atoms. The zero-order valence-corrected chi connectivity index (χ0v) is 17.5. The molecule has 27 heavy (non-hydrogen) atoms. The van der Waals surface area contributed by atoms with Crippen LogP contribution in [0.2, 0.25) is 0 Å². The van der Waals surface area contributed by atoms with Crippen molar-refractivity contribution in [2.45, 2.75) is 32.9 Å². The van der Waals surface area contributed by atoms with Crippen molar-refractivity contribution in [3.8, 4) is 17.2 Å². The number of aromatic hydroxyl groups is 1. The van der Waals surface area contributed by atoms with E-state index < -0.39 is 0 Å². The first kappa shape index (κ1) is 20.9. The molecular weight excluding hydrogens is 412 g/mol. The molecule has 146 valence electrons. The first-order chi connectivity index (χ1) is 12.7. The molecule has 2 aromatic carbocycles. The lowest BCUT2D eigenvalue weighted by atomic mass is 10.1. The Morgan fingerprint density at radius 2 is 1.81 bits per heavy atom. The van der Waals surface area contributed by atoms with Gasteiger partial charge in [-0.05, 0) is 62.7 Å². The van der Waals surface area contributed by atoms with Gasteiger partial charge >= 0.3 is 0 Å². The van der Waals surface area contributed by atoms with Crippen molar-refractivity contribution < 1.29 is 19.4 Å². The molecule has 0 fully saturated rings. The number of methoxy groups -OCH3 is 1. The van der Waals surface area contributed by atoms with Gasteiger partial charge in [0.1, 0.15) is 5.75 Å². The van der Waals surface area contributed by atoms with Gasteiger partial charge in [0.25, 0.3) is 5.91 Å². The number of phenolic OH excluding ortho intramolecular Hbond substituents is 1. The predicted molar refractivity (Wildman–Crippen MR) is 110 cm³/mol. The van der Waals surface area contributed by atoms with Gasteiger partial charge in [-0.1, -0.05) is 15.9 Å². The van der Waals surface area contributed by atoms with E-state index in [1.54, 1.807) is 37.4 Å². The number of carbonyl (C=O) groups is 1. The van der Waals surface area contributed by atoms with Crippen LogP contribution in [0.5, 0.6) is 17.2 Å². The number of rotatable bonds is 7. The molecule has 0 aliphatic heterocycles. The Labute approximate surface area is 168 Å². The zero-order valence-electron chi connectivity index (χ0n) is 15.9. The van der Waals surface area contributed by atoms with Gasteiger partial charge in [-0.25, -0.2) is 0 Å². The average molecular weight is 437 g/mol. The van der Waals surface area contributed by atoms with Gasteiger partial charge in [0.05, 0.1) is 7.11 Å². The number of carbonyl (C=O) groups excluding carboxylic acids is 1. The van der Waals surface area contributed by atoms with Crippen molar-refractivity contribution in [2.24, 2.45) is 0 Å². The van der Waals surface area contributed by atoms with Gasteiger partial charge in [-0.2, -0.15) is 0 Å². The normalized spacial score (nSPS) is 11.0. The smallest absolute Gasteiger partial charge is 0.258 e. The second kappa shape index (κ2) is 8.99. The lowest BCUT2D eigenvalue weighted by Gasteiger charge is -2.21. The van der Waals surface area contributed by atoms with Crippen LogP contribution in [0.25, 0.3) is 0 Å². The number of hydrogen-bond donors (Lipinski definition) is 3. The Balaban J connectivity index is 2.05. The summed E-state index contributed by atoms with van der Waals surface area (Å²) >= 11 is 3.54. The van der Waals surface area contributed by atoms with Gasteiger partial charge in [0.15, 0.2) is 18.1 Å². The maximum Gasteiger partial charge on any atom is 0.258 e. The molecule has 0 aliphatic rings. The van der Waals surface area contributed by atoms with Crippen molar-refractivity contribution in [3.63, 3.8) is 0 Å². The number of halogens is 1. The van der Waals surface area contributed by atoms with Crippen LogP contribution in [0.4, 0.5) is 5.69 Å². The Morgan fingerprint density at radius 3 is 2.41 bits per heavy atom. The van der Waals surface area contributed by atoms with Crippen molar-refractivity contribution in [1.82, 2.24) is 5.32 Å². The molecule has 6 nitrogen and oxygen atoms in total. The number of benzene rings is 2. The fourth-order valence-corrected chi connectivity index (χ4v) is 2.82. The van der Waals surface area contributed by atoms with Crippen LogP contribution in [0.15, 0.2) is 40.9 Å². The molecule has 1 amide bonds. The van der Waals surface area contributed by atoms with Crippen molar-refractivity contribution >= 4 is 27.5 Å². The molecule has 0 radical (unpaired) electrons. The predicted octanol–water partition coefficient (Wildman–Crippen LogP) is 4.07. The Kier molecular flexibility index (Phi) is 6.96. The highest BCUT2D eigenvalue weighted by Crippen LogP contribution is 2.34. The maximum absolute atomic E-state index is 12.0. The molecule has 0 aromatic heterocycles. The standard InChI is InChI=1S/C20H25BrN2O4/c1-20(2,3)23-19(25)12-27-18-10-16(21)13(9-17(18)26-4)11-22-14-5-7-15(24)8-6-14/h5-10,22,24H,11-12H2,1-4H3,(H,23,25). The fourth-order valence-electron chi connectivity index (χ4n) is 2.36. The van der Waals surface area contributed by atoms with Crippen molar-refractivity contribution in [3.05, 3.63) is 46.4 Å². The SMILES string of the molecule is COc1cc(CNc2ccc(O)cc2)c(Br)cc1OCC(=O)NC(C)(C)C. The number of amides is 1. The van der Waals surface area contributed by atoms with Gasteiger partial charge in [-0.15, -0.1) is 0 Å². The number of hydrogen-bond acceptors (Lipinski definition) is 5. The number of anilines is 1. The van der Waals surface area contributed by atoms with E-state index in [4.69, 9.17) is 9.47 Å². The Bertz CT molecular complexity index is 786. The largest absolute Gasteiger partial charge is 0.508 e. The highest BCUT2D eigenvalue weighted by Gasteiger charge is 2.16. The van der Waals surface area contributed by atoms with Crippen LogP contribution in [0.3, 0.4) is 0 Å². The van der Waals surface area contributed by atoms with Crippen molar-refractivity contribution in [1.29, 1.82) is 0 Å². The summed E-state index contributed by atoms with van der Waals surface area (Å²) in [5.41, 5.74) is 1.54. The first-order valence-corrected chi connectivity index (χ1v) is 9.30. The summed E-state index contributed by atoms with van der Waals surface area (Å²) in [4.78, 5) is 12.0. The van der Waals surface area contributed by atoms with Crippen molar-refractivity contribution in [2.75, 3.05) is 19.0 Å². The molecule has 3 N–H and O–H groups in total. The lowest BCUT2D eigenvalue weighted by molar-refractivity contribution is -0.124. The van der Waals surface area contributed by atoms with Crippen LogP contribution < -0.4 is 20.1 Å². The maximum atomic E-state index is 12.0. The summed E-state index contributed by atoms with van der Waals surface area (Å²) in [5, 5.41) is 15.5.